The molecule has 31 heavy (non-hydrogen) atoms. The highest BCUT2D eigenvalue weighted by Gasteiger charge is 2.23. The first-order chi connectivity index (χ1) is 14.9. The maximum absolute atomic E-state index is 13.0. The summed E-state index contributed by atoms with van der Waals surface area (Å²) < 4.78 is 2.81. The van der Waals surface area contributed by atoms with E-state index in [1.807, 2.05) is 25.1 Å². The van der Waals surface area contributed by atoms with Gasteiger partial charge in [-0.25, -0.2) is 9.67 Å². The summed E-state index contributed by atoms with van der Waals surface area (Å²) in [6, 6.07) is 16.9. The maximum Gasteiger partial charge on any atom is 0.279 e. The molecule has 8 heteroatoms. The Bertz CT molecular complexity index is 1280. The van der Waals surface area contributed by atoms with E-state index in [9.17, 15) is 9.59 Å². The Balaban J connectivity index is 1.64. The third kappa shape index (κ3) is 4.36. The van der Waals surface area contributed by atoms with Crippen LogP contribution in [0.1, 0.15) is 29.4 Å². The Morgan fingerprint density at radius 3 is 2.55 bits per heavy atom. The molecule has 1 amide bonds. The normalized spacial score (nSPS) is 12.1. The van der Waals surface area contributed by atoms with Gasteiger partial charge in [0.15, 0.2) is 11.2 Å². The summed E-state index contributed by atoms with van der Waals surface area (Å²) in [7, 11) is 1.61. The van der Waals surface area contributed by atoms with Crippen molar-refractivity contribution in [2.75, 3.05) is 0 Å². The fourth-order valence-corrected chi connectivity index (χ4v) is 3.53. The van der Waals surface area contributed by atoms with Crippen LogP contribution in [0.15, 0.2) is 65.7 Å². The van der Waals surface area contributed by atoms with Gasteiger partial charge in [0, 0.05) is 18.1 Å². The molecule has 0 aliphatic carbocycles. The SMILES string of the molecule is C[C@H](CCc1ccccc1)NC(=O)c1nn(-c2ccc(Cl)cc2)c2c(=O)n(C)cnc12. The van der Waals surface area contributed by atoms with Gasteiger partial charge in [0.2, 0.25) is 0 Å². The minimum absolute atomic E-state index is 0.0741. The van der Waals surface area contributed by atoms with Crippen LogP contribution >= 0.6 is 11.6 Å². The number of amides is 1. The molecule has 2 heterocycles. The lowest BCUT2D eigenvalue weighted by molar-refractivity contribution is 0.0934. The van der Waals surface area contributed by atoms with Crippen LogP contribution in [0.3, 0.4) is 0 Å². The zero-order valence-electron chi connectivity index (χ0n) is 17.2. The van der Waals surface area contributed by atoms with Crippen LogP contribution in [0.25, 0.3) is 16.7 Å². The smallest absolute Gasteiger partial charge is 0.279 e. The third-order valence-electron chi connectivity index (χ3n) is 5.12. The fraction of sp³-hybridized carbons (Fsp3) is 0.217. The molecule has 1 atom stereocenters. The number of hydrogen-bond acceptors (Lipinski definition) is 4. The fourth-order valence-electron chi connectivity index (χ4n) is 3.40. The molecule has 2 aromatic heterocycles. The average molecular weight is 436 g/mol. The molecule has 0 spiro atoms. The van der Waals surface area contributed by atoms with Gasteiger partial charge in [-0.15, -0.1) is 0 Å². The van der Waals surface area contributed by atoms with E-state index in [-0.39, 0.29) is 34.2 Å². The largest absolute Gasteiger partial charge is 0.348 e. The van der Waals surface area contributed by atoms with Gasteiger partial charge in [0.05, 0.1) is 12.0 Å². The molecule has 0 saturated carbocycles. The number of carbonyl (C=O) groups is 1. The summed E-state index contributed by atoms with van der Waals surface area (Å²) in [5.41, 5.74) is 2.18. The van der Waals surface area contributed by atoms with E-state index in [2.05, 4.69) is 27.5 Å². The predicted octanol–water partition coefficient (Wildman–Crippen LogP) is 3.52. The van der Waals surface area contributed by atoms with E-state index < -0.39 is 0 Å². The quantitative estimate of drug-likeness (QED) is 0.502. The summed E-state index contributed by atoms with van der Waals surface area (Å²) in [6.07, 6.45) is 3.02. The van der Waals surface area contributed by atoms with Crippen LogP contribution in [0, 0.1) is 0 Å². The minimum atomic E-state index is -0.362. The number of carbonyl (C=O) groups excluding carboxylic acids is 1. The highest BCUT2D eigenvalue weighted by Crippen LogP contribution is 2.20. The summed E-state index contributed by atoms with van der Waals surface area (Å²) in [5, 5.41) is 8.00. The molecule has 0 aliphatic rings. The topological polar surface area (TPSA) is 81.8 Å². The van der Waals surface area contributed by atoms with Gasteiger partial charge >= 0.3 is 0 Å². The second kappa shape index (κ2) is 8.73. The first kappa shape index (κ1) is 20.8. The molecule has 158 valence electrons. The molecule has 7 nitrogen and oxygen atoms in total. The Kier molecular flexibility index (Phi) is 5.86. The predicted molar refractivity (Wildman–Crippen MR) is 121 cm³/mol. The van der Waals surface area contributed by atoms with Crippen molar-refractivity contribution >= 4 is 28.5 Å². The average Bonchev–Trinajstić information content (AvgIpc) is 3.16. The van der Waals surface area contributed by atoms with Crippen molar-refractivity contribution in [1.82, 2.24) is 24.6 Å². The lowest BCUT2D eigenvalue weighted by Gasteiger charge is -2.13. The van der Waals surface area contributed by atoms with E-state index in [1.54, 1.807) is 31.3 Å². The molecule has 0 saturated heterocycles. The van der Waals surface area contributed by atoms with Crippen LogP contribution in [0.4, 0.5) is 0 Å². The second-order valence-corrected chi connectivity index (χ2v) is 7.93. The van der Waals surface area contributed by atoms with Crippen molar-refractivity contribution in [3.8, 4) is 5.69 Å². The van der Waals surface area contributed by atoms with Crippen LogP contribution < -0.4 is 10.9 Å². The monoisotopic (exact) mass is 435 g/mol. The molecule has 0 fully saturated rings. The first-order valence-electron chi connectivity index (χ1n) is 9.99. The van der Waals surface area contributed by atoms with E-state index in [0.29, 0.717) is 10.7 Å². The molecular formula is C23H22ClN5O2. The van der Waals surface area contributed by atoms with Gasteiger partial charge in [0.25, 0.3) is 11.5 Å². The molecule has 0 aliphatic heterocycles. The van der Waals surface area contributed by atoms with Gasteiger partial charge in [0.1, 0.15) is 5.52 Å². The van der Waals surface area contributed by atoms with Gasteiger partial charge in [-0.05, 0) is 49.6 Å². The summed E-state index contributed by atoms with van der Waals surface area (Å²) in [6.45, 7) is 1.95. The van der Waals surface area contributed by atoms with Crippen LogP contribution in [-0.4, -0.2) is 31.3 Å². The summed E-state index contributed by atoms with van der Waals surface area (Å²) >= 11 is 5.99. The molecule has 2 aromatic carbocycles. The Labute approximate surface area is 184 Å². The standard InChI is InChI=1S/C23H22ClN5O2/c1-15(8-9-16-6-4-3-5-7-16)26-22(30)20-19-21(23(31)28(2)14-25-19)29(27-20)18-12-10-17(24)11-13-18/h3-7,10-15H,8-9H2,1-2H3,(H,26,30)/t15-/m1/s1. The number of nitrogens with zero attached hydrogens (tertiary/aromatic N) is 4. The molecular weight excluding hydrogens is 414 g/mol. The lowest BCUT2D eigenvalue weighted by Crippen LogP contribution is -2.33. The third-order valence-corrected chi connectivity index (χ3v) is 5.37. The lowest BCUT2D eigenvalue weighted by atomic mass is 10.1. The highest BCUT2D eigenvalue weighted by atomic mass is 35.5. The second-order valence-electron chi connectivity index (χ2n) is 7.49. The zero-order valence-corrected chi connectivity index (χ0v) is 18.0. The van der Waals surface area contributed by atoms with Crippen molar-refractivity contribution in [3.63, 3.8) is 0 Å². The molecule has 0 bridgehead atoms. The van der Waals surface area contributed by atoms with E-state index in [1.165, 1.54) is 21.1 Å². The number of fused-ring (bicyclic) bond motifs is 1. The van der Waals surface area contributed by atoms with Gasteiger partial charge < -0.3 is 9.88 Å². The Hall–Kier alpha value is -3.45. The van der Waals surface area contributed by atoms with E-state index in [4.69, 9.17) is 11.6 Å². The number of nitrogens with one attached hydrogen (secondary N) is 1. The molecule has 0 unspecified atom stereocenters. The zero-order chi connectivity index (χ0) is 22.0. The van der Waals surface area contributed by atoms with E-state index in [0.717, 1.165) is 12.8 Å². The first-order valence-corrected chi connectivity index (χ1v) is 10.4. The summed E-state index contributed by atoms with van der Waals surface area (Å²) in [5.74, 6) is -0.362. The molecule has 4 aromatic rings. The van der Waals surface area contributed by atoms with Crippen LogP contribution in [0.5, 0.6) is 0 Å². The van der Waals surface area contributed by atoms with Crippen LogP contribution in [0.2, 0.25) is 5.02 Å². The number of hydrogen-bond donors (Lipinski definition) is 1. The van der Waals surface area contributed by atoms with Crippen molar-refractivity contribution in [1.29, 1.82) is 0 Å². The number of aromatic nitrogens is 4. The van der Waals surface area contributed by atoms with Crippen LogP contribution in [-0.2, 0) is 13.5 Å². The van der Waals surface area contributed by atoms with Crippen molar-refractivity contribution in [2.45, 2.75) is 25.8 Å². The van der Waals surface area contributed by atoms with Crippen molar-refractivity contribution < 1.29 is 4.79 Å². The van der Waals surface area contributed by atoms with Gasteiger partial charge in [-0.3, -0.25) is 9.59 Å². The van der Waals surface area contributed by atoms with Crippen molar-refractivity contribution in [2.24, 2.45) is 7.05 Å². The number of halogens is 1. The van der Waals surface area contributed by atoms with E-state index >= 15 is 0 Å². The maximum atomic E-state index is 13.0. The molecule has 4 rings (SSSR count). The van der Waals surface area contributed by atoms with Gasteiger partial charge in [-0.1, -0.05) is 41.9 Å². The minimum Gasteiger partial charge on any atom is -0.348 e. The number of aryl methyl sites for hydroxylation is 2. The highest BCUT2D eigenvalue weighted by molar-refractivity contribution is 6.30. The Morgan fingerprint density at radius 1 is 1.13 bits per heavy atom. The number of rotatable bonds is 6. The summed E-state index contributed by atoms with van der Waals surface area (Å²) in [4.78, 5) is 30.1. The number of benzene rings is 2. The van der Waals surface area contributed by atoms with Crippen molar-refractivity contribution in [3.05, 3.63) is 87.6 Å². The molecule has 1 N–H and O–H groups in total. The molecule has 0 radical (unpaired) electrons. The Morgan fingerprint density at radius 2 is 1.84 bits per heavy atom. The van der Waals surface area contributed by atoms with Gasteiger partial charge in [-0.2, -0.15) is 5.10 Å².